The van der Waals surface area contributed by atoms with Gasteiger partial charge >= 0.3 is 0 Å². The summed E-state index contributed by atoms with van der Waals surface area (Å²) in [5.74, 6) is 0. The summed E-state index contributed by atoms with van der Waals surface area (Å²) in [4.78, 5) is 2.45. The Labute approximate surface area is 111 Å². The van der Waals surface area contributed by atoms with Gasteiger partial charge in [-0.15, -0.1) is 0 Å². The average Bonchev–Trinajstić information content (AvgIpc) is 2.66. The lowest BCUT2D eigenvalue weighted by molar-refractivity contribution is 0.454. The molecule has 1 aliphatic rings. The van der Waals surface area contributed by atoms with Gasteiger partial charge in [0.25, 0.3) is 0 Å². The summed E-state index contributed by atoms with van der Waals surface area (Å²) in [5, 5.41) is 3.60. The molecule has 100 valence electrons. The predicted molar refractivity (Wildman–Crippen MR) is 79.5 cm³/mol. The zero-order valence-electron chi connectivity index (χ0n) is 12.6. The van der Waals surface area contributed by atoms with Crippen molar-refractivity contribution in [2.75, 3.05) is 18.5 Å². The predicted octanol–water partition coefficient (Wildman–Crippen LogP) is 3.19. The van der Waals surface area contributed by atoms with E-state index >= 15 is 0 Å². The zero-order chi connectivity index (χ0) is 13.5. The molecule has 0 saturated carbocycles. The third-order valence-electron chi connectivity index (χ3n) is 4.52. The molecule has 0 spiro atoms. The Morgan fingerprint density at radius 3 is 2.39 bits per heavy atom. The maximum Gasteiger partial charge on any atom is 0.0428 e. The van der Waals surface area contributed by atoms with Crippen molar-refractivity contribution >= 4 is 5.69 Å². The second-order valence-electron chi connectivity index (χ2n) is 6.39. The van der Waals surface area contributed by atoms with Crippen LogP contribution in [-0.4, -0.2) is 25.2 Å². The third-order valence-corrected chi connectivity index (χ3v) is 4.52. The molecule has 2 heteroatoms. The maximum absolute atomic E-state index is 3.60. The van der Waals surface area contributed by atoms with Crippen molar-refractivity contribution in [1.82, 2.24) is 5.32 Å². The molecule has 1 unspecified atom stereocenters. The van der Waals surface area contributed by atoms with Crippen molar-refractivity contribution in [1.29, 1.82) is 0 Å². The highest BCUT2D eigenvalue weighted by Crippen LogP contribution is 2.30. The Morgan fingerprint density at radius 1 is 1.17 bits per heavy atom. The first-order valence-electron chi connectivity index (χ1n) is 6.86. The SMILES string of the molecule is Cc1ccc(N(C)C2CNC(C)(C)C2)c(C)c1C. The van der Waals surface area contributed by atoms with E-state index in [4.69, 9.17) is 0 Å². The van der Waals surface area contributed by atoms with Crippen molar-refractivity contribution in [3.8, 4) is 0 Å². The van der Waals surface area contributed by atoms with Crippen LogP contribution in [0.4, 0.5) is 5.69 Å². The fraction of sp³-hybridized carbons (Fsp3) is 0.625. The van der Waals surface area contributed by atoms with E-state index in [1.807, 2.05) is 0 Å². The largest absolute Gasteiger partial charge is 0.370 e. The highest BCUT2D eigenvalue weighted by atomic mass is 15.2. The van der Waals surface area contributed by atoms with E-state index in [1.165, 1.54) is 28.8 Å². The van der Waals surface area contributed by atoms with Gasteiger partial charge in [-0.25, -0.2) is 0 Å². The third kappa shape index (κ3) is 2.39. The summed E-state index contributed by atoms with van der Waals surface area (Å²) in [7, 11) is 2.23. The van der Waals surface area contributed by atoms with Crippen LogP contribution in [0.5, 0.6) is 0 Å². The number of hydrogen-bond acceptors (Lipinski definition) is 2. The first-order valence-corrected chi connectivity index (χ1v) is 6.86. The summed E-state index contributed by atoms with van der Waals surface area (Å²) < 4.78 is 0. The molecule has 0 bridgehead atoms. The lowest BCUT2D eigenvalue weighted by Gasteiger charge is -2.29. The lowest BCUT2D eigenvalue weighted by atomic mass is 9.98. The van der Waals surface area contributed by atoms with Gasteiger partial charge in [-0.3, -0.25) is 0 Å². The minimum atomic E-state index is 0.270. The molecule has 1 aliphatic heterocycles. The molecule has 0 aromatic heterocycles. The van der Waals surface area contributed by atoms with Gasteiger partial charge in [0.15, 0.2) is 0 Å². The van der Waals surface area contributed by atoms with Crippen LogP contribution in [0.1, 0.15) is 37.0 Å². The van der Waals surface area contributed by atoms with Crippen LogP contribution in [0, 0.1) is 20.8 Å². The molecule has 2 rings (SSSR count). The smallest absolute Gasteiger partial charge is 0.0428 e. The Bertz CT molecular complexity index is 449. The van der Waals surface area contributed by atoms with Gasteiger partial charge in [0.05, 0.1) is 0 Å². The molecule has 1 saturated heterocycles. The number of nitrogens with zero attached hydrogens (tertiary/aromatic N) is 1. The van der Waals surface area contributed by atoms with Crippen molar-refractivity contribution in [2.45, 2.75) is 52.6 Å². The minimum Gasteiger partial charge on any atom is -0.370 e. The fourth-order valence-electron chi connectivity index (χ4n) is 2.92. The van der Waals surface area contributed by atoms with Gasteiger partial charge in [0, 0.05) is 30.9 Å². The summed E-state index contributed by atoms with van der Waals surface area (Å²) in [6.45, 7) is 12.3. The van der Waals surface area contributed by atoms with E-state index < -0.39 is 0 Å². The lowest BCUT2D eigenvalue weighted by Crippen LogP contribution is -2.33. The van der Waals surface area contributed by atoms with Crippen LogP contribution in [0.25, 0.3) is 0 Å². The molecule has 1 aromatic rings. The van der Waals surface area contributed by atoms with Crippen LogP contribution in [0.3, 0.4) is 0 Å². The van der Waals surface area contributed by atoms with Gasteiger partial charge in [0.1, 0.15) is 0 Å². The van der Waals surface area contributed by atoms with E-state index in [1.54, 1.807) is 0 Å². The van der Waals surface area contributed by atoms with Crippen molar-refractivity contribution < 1.29 is 0 Å². The summed E-state index contributed by atoms with van der Waals surface area (Å²) in [6, 6.07) is 5.10. The van der Waals surface area contributed by atoms with Crippen molar-refractivity contribution in [2.24, 2.45) is 0 Å². The number of benzene rings is 1. The molecule has 2 nitrogen and oxygen atoms in total. The second-order valence-corrected chi connectivity index (χ2v) is 6.39. The van der Waals surface area contributed by atoms with Gasteiger partial charge in [-0.1, -0.05) is 6.07 Å². The Hall–Kier alpha value is -1.02. The zero-order valence-corrected chi connectivity index (χ0v) is 12.6. The van der Waals surface area contributed by atoms with Crippen LogP contribution in [0.2, 0.25) is 0 Å². The van der Waals surface area contributed by atoms with E-state index in [0.717, 1.165) is 6.54 Å². The Morgan fingerprint density at radius 2 is 1.83 bits per heavy atom. The first-order chi connectivity index (χ1) is 8.32. The standard InChI is InChI=1S/C16H26N2/c1-11-7-8-15(13(3)12(11)2)18(6)14-9-16(4,5)17-10-14/h7-8,14,17H,9-10H2,1-6H3. The number of aryl methyl sites for hydroxylation is 1. The molecule has 1 N–H and O–H groups in total. The summed E-state index contributed by atoms with van der Waals surface area (Å²) >= 11 is 0. The van der Waals surface area contributed by atoms with E-state index in [-0.39, 0.29) is 5.54 Å². The molecule has 0 amide bonds. The molecule has 18 heavy (non-hydrogen) atoms. The molecule has 0 radical (unpaired) electrons. The number of likely N-dealkylation sites (N-methyl/N-ethyl adjacent to an activating group) is 1. The van der Waals surface area contributed by atoms with E-state index in [0.29, 0.717) is 6.04 Å². The maximum atomic E-state index is 3.60. The summed E-state index contributed by atoms with van der Waals surface area (Å²) in [6.07, 6.45) is 1.20. The van der Waals surface area contributed by atoms with Gasteiger partial charge in [-0.05, 0) is 63.8 Å². The van der Waals surface area contributed by atoms with E-state index in [9.17, 15) is 0 Å². The highest BCUT2D eigenvalue weighted by Gasteiger charge is 2.33. The average molecular weight is 246 g/mol. The van der Waals surface area contributed by atoms with Gasteiger partial charge in [0.2, 0.25) is 0 Å². The Kier molecular flexibility index (Phi) is 3.41. The van der Waals surface area contributed by atoms with E-state index in [2.05, 4.69) is 64.0 Å². The molecular weight excluding hydrogens is 220 g/mol. The number of rotatable bonds is 2. The van der Waals surface area contributed by atoms with Crippen molar-refractivity contribution in [3.05, 3.63) is 28.8 Å². The van der Waals surface area contributed by atoms with Crippen LogP contribution >= 0.6 is 0 Å². The van der Waals surface area contributed by atoms with Crippen molar-refractivity contribution in [3.63, 3.8) is 0 Å². The summed E-state index contributed by atoms with van der Waals surface area (Å²) in [5.41, 5.74) is 5.87. The number of anilines is 1. The molecule has 1 fully saturated rings. The topological polar surface area (TPSA) is 15.3 Å². The Balaban J connectivity index is 2.25. The second kappa shape index (κ2) is 4.58. The van der Waals surface area contributed by atoms with Crippen LogP contribution in [0.15, 0.2) is 12.1 Å². The molecule has 1 heterocycles. The van der Waals surface area contributed by atoms with Crippen LogP contribution < -0.4 is 10.2 Å². The number of hydrogen-bond donors (Lipinski definition) is 1. The number of nitrogens with one attached hydrogen (secondary N) is 1. The normalized spacial score (nSPS) is 22.2. The fourth-order valence-corrected chi connectivity index (χ4v) is 2.92. The minimum absolute atomic E-state index is 0.270. The molecule has 1 atom stereocenters. The van der Waals surface area contributed by atoms with Gasteiger partial charge in [-0.2, -0.15) is 0 Å². The van der Waals surface area contributed by atoms with Gasteiger partial charge < -0.3 is 10.2 Å². The molecular formula is C16H26N2. The quantitative estimate of drug-likeness (QED) is 0.862. The molecule has 1 aromatic carbocycles. The first kappa shape index (κ1) is 13.4. The van der Waals surface area contributed by atoms with Crippen LogP contribution in [-0.2, 0) is 0 Å². The monoisotopic (exact) mass is 246 g/mol. The highest BCUT2D eigenvalue weighted by molar-refractivity contribution is 5.58. The molecule has 0 aliphatic carbocycles.